The van der Waals surface area contributed by atoms with Gasteiger partial charge in [-0.05, 0) is 18.6 Å². The molecule has 4 nitrogen and oxygen atoms in total. The Morgan fingerprint density at radius 3 is 2.82 bits per heavy atom. The number of nitrogens with zero attached hydrogens (tertiary/aromatic N) is 1. The van der Waals surface area contributed by atoms with Crippen molar-refractivity contribution in [3.63, 3.8) is 0 Å². The van der Waals surface area contributed by atoms with Gasteiger partial charge in [0.15, 0.2) is 0 Å². The number of ether oxygens (including phenoxy) is 1. The van der Waals surface area contributed by atoms with Crippen molar-refractivity contribution in [3.05, 3.63) is 33.3 Å². The minimum atomic E-state index is -0.332. The highest BCUT2D eigenvalue weighted by molar-refractivity contribution is 9.10. The Kier molecular flexibility index (Phi) is 5.13. The van der Waals surface area contributed by atoms with Gasteiger partial charge in [-0.1, -0.05) is 22.0 Å². The van der Waals surface area contributed by atoms with Gasteiger partial charge in [0.25, 0.3) is 0 Å². The third-order valence-electron chi connectivity index (χ3n) is 2.24. The average molecular weight is 298 g/mol. The van der Waals surface area contributed by atoms with Crippen molar-refractivity contribution in [1.82, 2.24) is 0 Å². The van der Waals surface area contributed by atoms with Crippen molar-refractivity contribution in [2.45, 2.75) is 20.0 Å². The highest BCUT2D eigenvalue weighted by Gasteiger charge is 2.13. The third-order valence-corrected chi connectivity index (χ3v) is 3.23. The van der Waals surface area contributed by atoms with E-state index in [1.54, 1.807) is 19.1 Å². The normalized spacial score (nSPS) is 9.76. The van der Waals surface area contributed by atoms with Crippen LogP contribution in [0.4, 0.5) is 0 Å². The van der Waals surface area contributed by atoms with Crippen molar-refractivity contribution >= 4 is 21.9 Å². The quantitative estimate of drug-likeness (QED) is 0.862. The Labute approximate surface area is 108 Å². The highest BCUT2D eigenvalue weighted by Crippen LogP contribution is 2.25. The van der Waals surface area contributed by atoms with Gasteiger partial charge in [0, 0.05) is 10.0 Å². The van der Waals surface area contributed by atoms with Crippen LogP contribution >= 0.6 is 15.9 Å². The minimum Gasteiger partial charge on any atom is -0.466 e. The summed E-state index contributed by atoms with van der Waals surface area (Å²) in [6.45, 7) is 1.82. The van der Waals surface area contributed by atoms with E-state index in [0.29, 0.717) is 27.8 Å². The zero-order valence-corrected chi connectivity index (χ0v) is 11.0. The monoisotopic (exact) mass is 297 g/mol. The van der Waals surface area contributed by atoms with Crippen LogP contribution in [0.5, 0.6) is 0 Å². The van der Waals surface area contributed by atoms with Gasteiger partial charge >= 0.3 is 5.97 Å². The smallest absolute Gasteiger partial charge is 0.310 e. The molecule has 17 heavy (non-hydrogen) atoms. The largest absolute Gasteiger partial charge is 0.466 e. The number of hydrogen-bond donors (Lipinski definition) is 1. The lowest BCUT2D eigenvalue weighted by molar-refractivity contribution is -0.142. The molecule has 0 radical (unpaired) electrons. The molecule has 0 fully saturated rings. The van der Waals surface area contributed by atoms with Crippen LogP contribution in [0, 0.1) is 11.3 Å². The fourth-order valence-corrected chi connectivity index (χ4v) is 2.04. The number of hydrogen-bond acceptors (Lipinski definition) is 4. The lowest BCUT2D eigenvalue weighted by Crippen LogP contribution is -2.09. The van der Waals surface area contributed by atoms with Gasteiger partial charge in [-0.3, -0.25) is 4.79 Å². The molecule has 0 saturated carbocycles. The molecular weight excluding hydrogens is 286 g/mol. The maximum Gasteiger partial charge on any atom is 0.310 e. The van der Waals surface area contributed by atoms with Crippen molar-refractivity contribution < 1.29 is 14.6 Å². The molecule has 0 heterocycles. The number of esters is 1. The Morgan fingerprint density at radius 2 is 2.29 bits per heavy atom. The summed E-state index contributed by atoms with van der Waals surface area (Å²) in [6, 6.07) is 5.25. The SMILES string of the molecule is CCOC(=O)Cc1ccc(C#N)c(CO)c1Br. The van der Waals surface area contributed by atoms with Gasteiger partial charge in [0.2, 0.25) is 0 Å². The number of halogens is 1. The standard InChI is InChI=1S/C12H12BrNO3/c1-2-17-11(16)5-8-3-4-9(6-14)10(7-15)12(8)13/h3-4,15H,2,5,7H2,1H3. The zero-order chi connectivity index (χ0) is 12.8. The first-order valence-corrected chi connectivity index (χ1v) is 5.90. The van der Waals surface area contributed by atoms with Crippen molar-refractivity contribution in [1.29, 1.82) is 5.26 Å². The van der Waals surface area contributed by atoms with E-state index >= 15 is 0 Å². The second kappa shape index (κ2) is 6.38. The summed E-state index contributed by atoms with van der Waals surface area (Å²) < 4.78 is 5.43. The fraction of sp³-hybridized carbons (Fsp3) is 0.333. The maximum absolute atomic E-state index is 11.3. The van der Waals surface area contributed by atoms with Gasteiger partial charge < -0.3 is 9.84 Å². The van der Waals surface area contributed by atoms with Gasteiger partial charge in [0.1, 0.15) is 0 Å². The van der Waals surface area contributed by atoms with E-state index in [-0.39, 0.29) is 19.0 Å². The van der Waals surface area contributed by atoms with Crippen LogP contribution in [0.3, 0.4) is 0 Å². The van der Waals surface area contributed by atoms with Gasteiger partial charge in [-0.25, -0.2) is 0 Å². The predicted octanol–water partition coefficient (Wildman–Crippen LogP) is 1.92. The molecule has 90 valence electrons. The molecule has 0 aliphatic carbocycles. The first-order valence-electron chi connectivity index (χ1n) is 5.10. The molecule has 0 aromatic heterocycles. The summed E-state index contributed by atoms with van der Waals surface area (Å²) in [6.07, 6.45) is 0.118. The number of carbonyl (C=O) groups is 1. The number of aliphatic hydroxyl groups is 1. The highest BCUT2D eigenvalue weighted by atomic mass is 79.9. The predicted molar refractivity (Wildman–Crippen MR) is 65.1 cm³/mol. The van der Waals surface area contributed by atoms with Crippen LogP contribution in [0.1, 0.15) is 23.6 Å². The lowest BCUT2D eigenvalue weighted by Gasteiger charge is -2.09. The second-order valence-corrected chi connectivity index (χ2v) is 4.11. The first kappa shape index (κ1) is 13.7. The molecule has 1 aromatic rings. The topological polar surface area (TPSA) is 70.3 Å². The number of rotatable bonds is 4. The molecule has 0 saturated heterocycles. The van der Waals surface area contributed by atoms with E-state index in [9.17, 15) is 9.90 Å². The number of carbonyl (C=O) groups excluding carboxylic acids is 1. The molecule has 0 bridgehead atoms. The molecule has 0 aliphatic rings. The fourth-order valence-electron chi connectivity index (χ4n) is 1.43. The summed E-state index contributed by atoms with van der Waals surface area (Å²) in [5, 5.41) is 18.1. The molecule has 0 unspecified atom stereocenters. The van der Waals surface area contributed by atoms with Crippen LogP contribution < -0.4 is 0 Å². The molecule has 1 aromatic carbocycles. The van der Waals surface area contributed by atoms with Crippen molar-refractivity contribution in [3.8, 4) is 6.07 Å². The van der Waals surface area contributed by atoms with Crippen LogP contribution in [-0.2, 0) is 22.6 Å². The molecule has 5 heteroatoms. The van der Waals surface area contributed by atoms with Crippen molar-refractivity contribution in [2.75, 3.05) is 6.61 Å². The van der Waals surface area contributed by atoms with Crippen LogP contribution in [0.25, 0.3) is 0 Å². The Morgan fingerprint density at radius 1 is 1.59 bits per heavy atom. The van der Waals surface area contributed by atoms with Crippen molar-refractivity contribution in [2.24, 2.45) is 0 Å². The van der Waals surface area contributed by atoms with Crippen LogP contribution in [0.2, 0.25) is 0 Å². The van der Waals surface area contributed by atoms with Gasteiger partial charge in [0.05, 0.1) is 31.3 Å². The Hall–Kier alpha value is -1.38. The van der Waals surface area contributed by atoms with E-state index in [1.807, 2.05) is 6.07 Å². The molecule has 1 rings (SSSR count). The second-order valence-electron chi connectivity index (χ2n) is 3.32. The summed E-state index contributed by atoms with van der Waals surface area (Å²) >= 11 is 3.29. The van der Waals surface area contributed by atoms with E-state index in [2.05, 4.69) is 15.9 Å². The number of aliphatic hydroxyl groups excluding tert-OH is 1. The van der Waals surface area contributed by atoms with E-state index in [4.69, 9.17) is 10.00 Å². The third kappa shape index (κ3) is 3.29. The summed E-state index contributed by atoms with van der Waals surface area (Å²) in [5.41, 5.74) is 1.59. The summed E-state index contributed by atoms with van der Waals surface area (Å²) in [7, 11) is 0. The first-order chi connectivity index (χ1) is 8.13. The molecular formula is C12H12BrNO3. The molecule has 0 atom stereocenters. The van der Waals surface area contributed by atoms with Gasteiger partial charge in [-0.15, -0.1) is 0 Å². The van der Waals surface area contributed by atoms with E-state index < -0.39 is 0 Å². The molecule has 0 aliphatic heterocycles. The summed E-state index contributed by atoms with van der Waals surface area (Å²) in [5.74, 6) is -0.332. The maximum atomic E-state index is 11.3. The number of benzene rings is 1. The van der Waals surface area contributed by atoms with Crippen LogP contribution in [0.15, 0.2) is 16.6 Å². The molecule has 0 amide bonds. The zero-order valence-electron chi connectivity index (χ0n) is 9.36. The minimum absolute atomic E-state index is 0.118. The Bertz CT molecular complexity index is 466. The van der Waals surface area contributed by atoms with Crippen LogP contribution in [-0.4, -0.2) is 17.7 Å². The van der Waals surface area contributed by atoms with Gasteiger partial charge in [-0.2, -0.15) is 5.26 Å². The van der Waals surface area contributed by atoms with E-state index in [0.717, 1.165) is 0 Å². The lowest BCUT2D eigenvalue weighted by atomic mass is 10.0. The average Bonchev–Trinajstić information content (AvgIpc) is 2.31. The molecule has 1 N–H and O–H groups in total. The summed E-state index contributed by atoms with van der Waals surface area (Å²) in [4.78, 5) is 11.3. The number of nitriles is 1. The molecule has 0 spiro atoms. The van der Waals surface area contributed by atoms with E-state index in [1.165, 1.54) is 0 Å². The Balaban J connectivity index is 3.03.